The van der Waals surface area contributed by atoms with Gasteiger partial charge in [-0.15, -0.1) is 6.58 Å². The summed E-state index contributed by atoms with van der Waals surface area (Å²) in [5.41, 5.74) is 2.85. The number of nitrogens with one attached hydrogen (secondary N) is 1. The zero-order valence-electron chi connectivity index (χ0n) is 13.1. The number of rotatable bonds is 8. The van der Waals surface area contributed by atoms with Gasteiger partial charge in [0.25, 0.3) is 0 Å². The maximum Gasteiger partial charge on any atom is 0.216 e. The highest BCUT2D eigenvalue weighted by atomic mass is 32.2. The predicted molar refractivity (Wildman–Crippen MR) is 88.6 cm³/mol. The first kappa shape index (κ1) is 18.1. The molecule has 0 spiro atoms. The summed E-state index contributed by atoms with van der Waals surface area (Å²) in [4.78, 5) is 0. The van der Waals surface area contributed by atoms with Crippen LogP contribution in [0.25, 0.3) is 0 Å². The van der Waals surface area contributed by atoms with Gasteiger partial charge in [-0.1, -0.05) is 36.4 Å². The molecule has 0 saturated carbocycles. The van der Waals surface area contributed by atoms with Crippen LogP contribution in [0.15, 0.2) is 43.0 Å². The molecule has 0 amide bonds. The minimum atomic E-state index is -3.45. The number of hydrogen-bond donors (Lipinski definition) is 2. The van der Waals surface area contributed by atoms with Gasteiger partial charge in [0, 0.05) is 13.1 Å². The third-order valence-corrected chi connectivity index (χ3v) is 5.89. The van der Waals surface area contributed by atoms with Gasteiger partial charge in [-0.25, -0.2) is 12.7 Å². The van der Waals surface area contributed by atoms with Gasteiger partial charge in [0.15, 0.2) is 0 Å². The van der Waals surface area contributed by atoms with E-state index in [2.05, 4.69) is 12.1 Å². The smallest absolute Gasteiger partial charge is 0.216 e. The van der Waals surface area contributed by atoms with Gasteiger partial charge in [0.1, 0.15) is 0 Å². The Hall–Kier alpha value is -1.25. The van der Waals surface area contributed by atoms with Gasteiger partial charge >= 0.3 is 0 Å². The molecule has 0 aromatic heterocycles. The number of ether oxygens (including phenoxy) is 1. The molecule has 1 heterocycles. The molecule has 0 unspecified atom stereocenters. The molecule has 2 N–H and O–H groups in total. The summed E-state index contributed by atoms with van der Waals surface area (Å²) in [6.45, 7) is 4.98. The SMILES string of the molecule is C=CCOC1CCN(S(=O)(=O)C[C@H](NO)c2ccccc2)CC1. The van der Waals surface area contributed by atoms with E-state index in [9.17, 15) is 13.6 Å². The quantitative estimate of drug-likeness (QED) is 0.556. The van der Waals surface area contributed by atoms with Gasteiger partial charge in [0.05, 0.1) is 24.5 Å². The van der Waals surface area contributed by atoms with Crippen LogP contribution in [0.5, 0.6) is 0 Å². The van der Waals surface area contributed by atoms with Crippen LogP contribution in [-0.4, -0.2) is 49.5 Å². The third-order valence-electron chi connectivity index (χ3n) is 3.98. The van der Waals surface area contributed by atoms with Crippen molar-refractivity contribution in [2.45, 2.75) is 25.0 Å². The van der Waals surface area contributed by atoms with E-state index in [1.54, 1.807) is 18.2 Å². The lowest BCUT2D eigenvalue weighted by Crippen LogP contribution is -2.43. The van der Waals surface area contributed by atoms with Crippen molar-refractivity contribution in [3.05, 3.63) is 48.6 Å². The summed E-state index contributed by atoms with van der Waals surface area (Å²) in [5, 5.41) is 9.32. The van der Waals surface area contributed by atoms with Crippen molar-refractivity contribution in [1.82, 2.24) is 9.79 Å². The maximum atomic E-state index is 12.6. The highest BCUT2D eigenvalue weighted by Gasteiger charge is 2.30. The Morgan fingerprint density at radius 2 is 2.00 bits per heavy atom. The van der Waals surface area contributed by atoms with Crippen LogP contribution in [0.1, 0.15) is 24.4 Å². The van der Waals surface area contributed by atoms with Crippen LogP contribution in [0.3, 0.4) is 0 Å². The fraction of sp³-hybridized carbons (Fsp3) is 0.500. The average Bonchev–Trinajstić information content (AvgIpc) is 2.59. The van der Waals surface area contributed by atoms with Crippen molar-refractivity contribution in [2.75, 3.05) is 25.4 Å². The second-order valence-electron chi connectivity index (χ2n) is 5.59. The molecule has 1 aromatic rings. The molecule has 1 aliphatic rings. The Balaban J connectivity index is 1.95. The van der Waals surface area contributed by atoms with E-state index in [-0.39, 0.29) is 11.9 Å². The summed E-state index contributed by atoms with van der Waals surface area (Å²) >= 11 is 0. The van der Waals surface area contributed by atoms with E-state index in [0.717, 1.165) is 5.56 Å². The fourth-order valence-electron chi connectivity index (χ4n) is 2.69. The molecule has 0 radical (unpaired) electrons. The molecule has 1 aromatic carbocycles. The molecule has 1 fully saturated rings. The summed E-state index contributed by atoms with van der Waals surface area (Å²) < 4.78 is 32.2. The third kappa shape index (κ3) is 5.12. The molecule has 128 valence electrons. The van der Waals surface area contributed by atoms with Gasteiger partial charge in [-0.3, -0.25) is 0 Å². The van der Waals surface area contributed by atoms with Crippen molar-refractivity contribution < 1.29 is 18.4 Å². The minimum absolute atomic E-state index is 0.0836. The zero-order chi connectivity index (χ0) is 16.7. The molecule has 0 aliphatic carbocycles. The average molecular weight is 340 g/mol. The van der Waals surface area contributed by atoms with E-state index in [0.29, 0.717) is 32.5 Å². The molecule has 1 aliphatic heterocycles. The van der Waals surface area contributed by atoms with Crippen LogP contribution < -0.4 is 5.48 Å². The standard InChI is InChI=1S/C16H24N2O4S/c1-2-12-22-15-8-10-18(11-9-15)23(20,21)13-16(17-19)14-6-4-3-5-7-14/h2-7,15-17,19H,1,8-13H2/t16-/m0/s1. The van der Waals surface area contributed by atoms with E-state index in [1.165, 1.54) is 4.31 Å². The number of hydrogen-bond acceptors (Lipinski definition) is 5. The van der Waals surface area contributed by atoms with E-state index in [1.807, 2.05) is 18.2 Å². The number of nitrogens with zero attached hydrogens (tertiary/aromatic N) is 1. The number of benzene rings is 1. The van der Waals surface area contributed by atoms with Gasteiger partial charge < -0.3 is 9.94 Å². The molecular formula is C16H24N2O4S. The van der Waals surface area contributed by atoms with Crippen LogP contribution in [0, 0.1) is 0 Å². The van der Waals surface area contributed by atoms with Crippen LogP contribution in [-0.2, 0) is 14.8 Å². The maximum absolute atomic E-state index is 12.6. The second-order valence-corrected chi connectivity index (χ2v) is 7.60. The van der Waals surface area contributed by atoms with Gasteiger partial charge in [0.2, 0.25) is 10.0 Å². The fourth-order valence-corrected chi connectivity index (χ4v) is 4.36. The Morgan fingerprint density at radius 3 is 2.57 bits per heavy atom. The second kappa shape index (κ2) is 8.56. The van der Waals surface area contributed by atoms with Crippen molar-refractivity contribution in [3.63, 3.8) is 0 Å². The van der Waals surface area contributed by atoms with Gasteiger partial charge in [-0.05, 0) is 18.4 Å². The summed E-state index contributed by atoms with van der Waals surface area (Å²) in [7, 11) is -3.45. The lowest BCUT2D eigenvalue weighted by atomic mass is 10.1. The molecule has 2 rings (SSSR count). The van der Waals surface area contributed by atoms with Crippen molar-refractivity contribution in [1.29, 1.82) is 0 Å². The number of hydroxylamine groups is 1. The summed E-state index contributed by atoms with van der Waals surface area (Å²) in [5.74, 6) is -0.175. The van der Waals surface area contributed by atoms with E-state index in [4.69, 9.17) is 4.74 Å². The van der Waals surface area contributed by atoms with Crippen molar-refractivity contribution >= 4 is 10.0 Å². The Kier molecular flexibility index (Phi) is 6.73. The van der Waals surface area contributed by atoms with Gasteiger partial charge in [-0.2, -0.15) is 5.48 Å². The first-order chi connectivity index (χ1) is 11.1. The number of piperidine rings is 1. The highest BCUT2D eigenvalue weighted by Crippen LogP contribution is 2.21. The zero-order valence-corrected chi connectivity index (χ0v) is 13.9. The highest BCUT2D eigenvalue weighted by molar-refractivity contribution is 7.89. The molecular weight excluding hydrogens is 316 g/mol. The first-order valence-electron chi connectivity index (χ1n) is 7.71. The lowest BCUT2D eigenvalue weighted by Gasteiger charge is -2.32. The topological polar surface area (TPSA) is 78.9 Å². The molecule has 1 saturated heterocycles. The Morgan fingerprint density at radius 1 is 1.35 bits per heavy atom. The van der Waals surface area contributed by atoms with Crippen LogP contribution in [0.2, 0.25) is 0 Å². The Labute approximate surface area is 137 Å². The van der Waals surface area contributed by atoms with Crippen molar-refractivity contribution in [2.24, 2.45) is 0 Å². The van der Waals surface area contributed by atoms with Crippen LogP contribution >= 0.6 is 0 Å². The Bertz CT molecular complexity index is 583. The predicted octanol–water partition coefficient (Wildman–Crippen LogP) is 1.70. The first-order valence-corrected chi connectivity index (χ1v) is 9.32. The molecule has 6 nitrogen and oxygen atoms in total. The monoisotopic (exact) mass is 340 g/mol. The minimum Gasteiger partial charge on any atom is -0.374 e. The summed E-state index contributed by atoms with van der Waals surface area (Å²) in [6.07, 6.45) is 3.13. The largest absolute Gasteiger partial charge is 0.374 e. The van der Waals surface area contributed by atoms with Crippen molar-refractivity contribution in [3.8, 4) is 0 Å². The summed E-state index contributed by atoms with van der Waals surface area (Å²) in [6, 6.07) is 8.41. The molecule has 23 heavy (non-hydrogen) atoms. The molecule has 0 bridgehead atoms. The van der Waals surface area contributed by atoms with E-state index >= 15 is 0 Å². The molecule has 1 atom stereocenters. The lowest BCUT2D eigenvalue weighted by molar-refractivity contribution is 0.0379. The number of sulfonamides is 1. The normalized spacial score (nSPS) is 18.7. The van der Waals surface area contributed by atoms with Crippen LogP contribution in [0.4, 0.5) is 0 Å². The molecule has 7 heteroatoms. The van der Waals surface area contributed by atoms with E-state index < -0.39 is 16.1 Å².